The van der Waals surface area contributed by atoms with E-state index in [2.05, 4.69) is 69.6 Å². The summed E-state index contributed by atoms with van der Waals surface area (Å²) in [6.45, 7) is 9.16. The molecular weight excluding hydrogens is 332 g/mol. The fourth-order valence-corrected chi connectivity index (χ4v) is 3.56. The number of hydrogen-bond acceptors (Lipinski definition) is 0. The van der Waals surface area contributed by atoms with Crippen molar-refractivity contribution in [3.63, 3.8) is 0 Å². The molecule has 2 heterocycles. The first-order valence-electron chi connectivity index (χ1n) is 11.4. The summed E-state index contributed by atoms with van der Waals surface area (Å²) in [6.07, 6.45) is 28.0. The van der Waals surface area contributed by atoms with Gasteiger partial charge in [-0.15, -0.1) is 0 Å². The predicted octanol–water partition coefficient (Wildman–Crippen LogP) is 4.90. The van der Waals surface area contributed by atoms with E-state index in [1.54, 1.807) is 0 Å². The molecular formula is C23H42N4+2. The van der Waals surface area contributed by atoms with E-state index in [0.717, 1.165) is 13.1 Å². The molecule has 0 saturated carbocycles. The normalized spacial score (nSPS) is 11.3. The Morgan fingerprint density at radius 1 is 0.556 bits per heavy atom. The summed E-state index contributed by atoms with van der Waals surface area (Å²) >= 11 is 0. The second-order valence-electron chi connectivity index (χ2n) is 7.96. The first kappa shape index (κ1) is 21.7. The minimum atomic E-state index is 1.16. The van der Waals surface area contributed by atoms with E-state index in [-0.39, 0.29) is 0 Å². The van der Waals surface area contributed by atoms with Crippen molar-refractivity contribution in [1.82, 2.24) is 9.13 Å². The molecule has 4 nitrogen and oxygen atoms in total. The molecule has 0 aliphatic rings. The zero-order valence-electron chi connectivity index (χ0n) is 17.9. The molecule has 2 rings (SSSR count). The Morgan fingerprint density at radius 2 is 0.963 bits per heavy atom. The first-order chi connectivity index (χ1) is 13.3. The Balaban J connectivity index is 1.42. The number of imidazole rings is 2. The van der Waals surface area contributed by atoms with Crippen LogP contribution in [0.5, 0.6) is 0 Å². The predicted molar refractivity (Wildman–Crippen MR) is 111 cm³/mol. The van der Waals surface area contributed by atoms with Crippen molar-refractivity contribution < 1.29 is 9.13 Å². The van der Waals surface area contributed by atoms with E-state index in [0.29, 0.717) is 0 Å². The van der Waals surface area contributed by atoms with Crippen molar-refractivity contribution in [3.05, 3.63) is 37.4 Å². The maximum Gasteiger partial charge on any atom is 0.243 e. The van der Waals surface area contributed by atoms with Crippen LogP contribution in [0, 0.1) is 0 Å². The van der Waals surface area contributed by atoms with E-state index in [1.165, 1.54) is 83.7 Å². The van der Waals surface area contributed by atoms with Crippen LogP contribution in [0.4, 0.5) is 0 Å². The Morgan fingerprint density at radius 3 is 1.37 bits per heavy atom. The molecule has 0 amide bonds. The van der Waals surface area contributed by atoms with Crippen molar-refractivity contribution in [3.8, 4) is 0 Å². The monoisotopic (exact) mass is 374 g/mol. The minimum absolute atomic E-state index is 1.16. The van der Waals surface area contributed by atoms with Gasteiger partial charge in [-0.1, -0.05) is 46.0 Å². The molecule has 0 N–H and O–H groups in total. The van der Waals surface area contributed by atoms with Crippen LogP contribution in [-0.2, 0) is 26.2 Å². The van der Waals surface area contributed by atoms with Gasteiger partial charge in [0.1, 0.15) is 24.8 Å². The third kappa shape index (κ3) is 9.25. The summed E-state index contributed by atoms with van der Waals surface area (Å²) in [6, 6.07) is 0. The number of unbranched alkanes of at least 4 members (excludes halogenated alkanes) is 8. The molecule has 2 aromatic rings. The fourth-order valence-electron chi connectivity index (χ4n) is 3.56. The van der Waals surface area contributed by atoms with Crippen molar-refractivity contribution in [2.45, 2.75) is 111 Å². The summed E-state index contributed by atoms with van der Waals surface area (Å²) in [4.78, 5) is 0. The molecule has 0 atom stereocenters. The molecule has 152 valence electrons. The van der Waals surface area contributed by atoms with Crippen LogP contribution in [0.15, 0.2) is 37.4 Å². The van der Waals surface area contributed by atoms with Crippen LogP contribution in [0.1, 0.15) is 84.5 Å². The van der Waals surface area contributed by atoms with E-state index in [1.807, 2.05) is 0 Å². The highest BCUT2D eigenvalue weighted by Gasteiger charge is 2.04. The molecule has 0 radical (unpaired) electrons. The molecule has 2 aromatic heterocycles. The summed E-state index contributed by atoms with van der Waals surface area (Å²) in [5.74, 6) is 0. The molecule has 27 heavy (non-hydrogen) atoms. The van der Waals surface area contributed by atoms with Crippen LogP contribution in [-0.4, -0.2) is 9.13 Å². The summed E-state index contributed by atoms with van der Waals surface area (Å²) in [5.41, 5.74) is 0. The quantitative estimate of drug-likeness (QED) is 0.294. The molecule has 0 fully saturated rings. The van der Waals surface area contributed by atoms with Crippen LogP contribution in [0.2, 0.25) is 0 Å². The molecule has 0 aliphatic carbocycles. The Labute approximate surface area is 166 Å². The van der Waals surface area contributed by atoms with E-state index < -0.39 is 0 Å². The van der Waals surface area contributed by atoms with Gasteiger partial charge in [0, 0.05) is 0 Å². The van der Waals surface area contributed by atoms with Gasteiger partial charge in [-0.25, -0.2) is 18.3 Å². The van der Waals surface area contributed by atoms with Crippen molar-refractivity contribution in [2.24, 2.45) is 0 Å². The second-order valence-corrected chi connectivity index (χ2v) is 7.96. The Kier molecular flexibility index (Phi) is 10.9. The smallest absolute Gasteiger partial charge is 0.237 e. The molecule has 0 bridgehead atoms. The van der Waals surface area contributed by atoms with E-state index >= 15 is 0 Å². The maximum absolute atomic E-state index is 2.35. The average molecular weight is 375 g/mol. The number of aryl methyl sites for hydroxylation is 4. The average Bonchev–Trinajstić information content (AvgIpc) is 3.32. The van der Waals surface area contributed by atoms with E-state index in [4.69, 9.17) is 0 Å². The van der Waals surface area contributed by atoms with Crippen LogP contribution < -0.4 is 9.13 Å². The summed E-state index contributed by atoms with van der Waals surface area (Å²) < 4.78 is 9.33. The number of aromatic nitrogens is 4. The van der Waals surface area contributed by atoms with E-state index in [9.17, 15) is 0 Å². The van der Waals surface area contributed by atoms with Gasteiger partial charge >= 0.3 is 0 Å². The van der Waals surface area contributed by atoms with Gasteiger partial charge < -0.3 is 0 Å². The van der Waals surface area contributed by atoms with Gasteiger partial charge in [-0.05, 0) is 38.5 Å². The van der Waals surface area contributed by atoms with Crippen molar-refractivity contribution in [1.29, 1.82) is 0 Å². The standard InChI is InChI=1S/C23H42N4/c1-3-5-14-24-18-20-26(22-24)16-12-10-8-7-9-11-13-17-27-21-19-25(23-27)15-6-4-2/h18-23H,3-17H2,1-2H3/q+2. The SMILES string of the molecule is CCCCn1cc[n+](CCCCCCCCC[n+]2ccn(CCCC)c2)c1. The third-order valence-corrected chi connectivity index (χ3v) is 5.36. The highest BCUT2D eigenvalue weighted by atomic mass is 15.1. The van der Waals surface area contributed by atoms with Gasteiger partial charge in [-0.3, -0.25) is 0 Å². The summed E-state index contributed by atoms with van der Waals surface area (Å²) in [5, 5.41) is 0. The largest absolute Gasteiger partial charge is 0.243 e. The zero-order chi connectivity index (χ0) is 19.2. The van der Waals surface area contributed by atoms with Crippen LogP contribution in [0.3, 0.4) is 0 Å². The number of rotatable bonds is 16. The van der Waals surface area contributed by atoms with Gasteiger partial charge in [0.25, 0.3) is 0 Å². The Bertz CT molecular complexity index is 547. The van der Waals surface area contributed by atoms with Crippen LogP contribution >= 0.6 is 0 Å². The van der Waals surface area contributed by atoms with Gasteiger partial charge in [-0.2, -0.15) is 0 Å². The molecule has 0 spiro atoms. The molecule has 4 heteroatoms. The highest BCUT2D eigenvalue weighted by molar-refractivity contribution is 4.66. The number of hydrogen-bond donors (Lipinski definition) is 0. The van der Waals surface area contributed by atoms with Crippen molar-refractivity contribution >= 4 is 0 Å². The lowest BCUT2D eigenvalue weighted by molar-refractivity contribution is -0.697. The third-order valence-electron chi connectivity index (χ3n) is 5.36. The summed E-state index contributed by atoms with van der Waals surface area (Å²) in [7, 11) is 0. The molecule has 0 saturated heterocycles. The minimum Gasteiger partial charge on any atom is -0.237 e. The highest BCUT2D eigenvalue weighted by Crippen LogP contribution is 2.07. The zero-order valence-corrected chi connectivity index (χ0v) is 17.9. The lowest BCUT2D eigenvalue weighted by Crippen LogP contribution is -2.31. The van der Waals surface area contributed by atoms with Gasteiger partial charge in [0.05, 0.1) is 26.2 Å². The maximum atomic E-state index is 2.35. The van der Waals surface area contributed by atoms with Crippen molar-refractivity contribution in [2.75, 3.05) is 0 Å². The molecule has 0 unspecified atom stereocenters. The topological polar surface area (TPSA) is 17.6 Å². The lowest BCUT2D eigenvalue weighted by atomic mass is 10.1. The Hall–Kier alpha value is -1.58. The fraction of sp³-hybridized carbons (Fsp3) is 0.739. The van der Waals surface area contributed by atoms with Gasteiger partial charge in [0.2, 0.25) is 12.7 Å². The lowest BCUT2D eigenvalue weighted by Gasteiger charge is -2.01. The molecule has 0 aromatic carbocycles. The first-order valence-corrected chi connectivity index (χ1v) is 11.4. The molecule has 0 aliphatic heterocycles. The van der Waals surface area contributed by atoms with Crippen LogP contribution in [0.25, 0.3) is 0 Å². The second kappa shape index (κ2) is 13.6. The number of nitrogens with zero attached hydrogens (tertiary/aromatic N) is 4. The van der Waals surface area contributed by atoms with Gasteiger partial charge in [0.15, 0.2) is 0 Å².